The average Bonchev–Trinajstić information content (AvgIpc) is 3.24. The van der Waals surface area contributed by atoms with E-state index in [1.165, 1.54) is 23.6 Å². The Morgan fingerprint density at radius 1 is 1.25 bits per heavy atom. The quantitative estimate of drug-likeness (QED) is 0.307. The number of carbonyl (C=O) groups is 3. The van der Waals surface area contributed by atoms with E-state index in [2.05, 4.69) is 15.8 Å². The summed E-state index contributed by atoms with van der Waals surface area (Å²) in [7, 11) is 0. The van der Waals surface area contributed by atoms with Gasteiger partial charge in [-0.15, -0.1) is 11.3 Å². The van der Waals surface area contributed by atoms with Crippen molar-refractivity contribution in [3.63, 3.8) is 0 Å². The van der Waals surface area contributed by atoms with E-state index in [1.807, 2.05) is 0 Å². The van der Waals surface area contributed by atoms with Crippen molar-refractivity contribution in [2.75, 3.05) is 11.9 Å². The summed E-state index contributed by atoms with van der Waals surface area (Å²) >= 11 is 1.29. The Bertz CT molecular complexity index is 951. The van der Waals surface area contributed by atoms with Crippen molar-refractivity contribution in [3.05, 3.63) is 45.8 Å². The highest BCUT2D eigenvalue weighted by molar-refractivity contribution is 7.17. The molecule has 0 saturated heterocycles. The van der Waals surface area contributed by atoms with Crippen LogP contribution < -0.4 is 10.7 Å². The number of fused-ring (bicyclic) bond motifs is 1. The number of phenolic OH excluding ortho intramolecular Hbond substituents is 1. The van der Waals surface area contributed by atoms with Gasteiger partial charge in [0.2, 0.25) is 0 Å². The number of para-hydroxylation sites is 1. The van der Waals surface area contributed by atoms with E-state index in [1.54, 1.807) is 25.1 Å². The van der Waals surface area contributed by atoms with Crippen molar-refractivity contribution >= 4 is 40.3 Å². The third-order valence-electron chi connectivity index (χ3n) is 4.14. The minimum atomic E-state index is -0.991. The number of nitrogens with one attached hydrogen (secondary N) is 2. The number of esters is 1. The van der Waals surface area contributed by atoms with Crippen LogP contribution in [-0.2, 0) is 27.2 Å². The van der Waals surface area contributed by atoms with Crippen molar-refractivity contribution in [2.24, 2.45) is 5.10 Å². The van der Waals surface area contributed by atoms with Crippen LogP contribution in [0, 0.1) is 0 Å². The molecule has 0 spiro atoms. The summed E-state index contributed by atoms with van der Waals surface area (Å²) in [6, 6.07) is 6.42. The summed E-state index contributed by atoms with van der Waals surface area (Å²) in [6.07, 6.45) is 3.75. The van der Waals surface area contributed by atoms with Gasteiger partial charge >= 0.3 is 17.8 Å². The standard InChI is InChI=1S/C19H19N3O5S/c1-2-27-19(26)15-12-7-5-9-14(12)28-18(15)21-16(24)17(25)22-20-10-11-6-3-4-8-13(11)23/h3-4,6,8,10,23H,2,5,7,9H2,1H3,(H,21,24)(H,22,25)/b20-10+. The van der Waals surface area contributed by atoms with Gasteiger partial charge in [0.15, 0.2) is 0 Å². The van der Waals surface area contributed by atoms with Crippen molar-refractivity contribution in [1.29, 1.82) is 0 Å². The Hall–Kier alpha value is -3.20. The number of rotatable bonds is 5. The maximum absolute atomic E-state index is 12.3. The number of carbonyl (C=O) groups excluding carboxylic acids is 3. The van der Waals surface area contributed by atoms with Crippen molar-refractivity contribution in [1.82, 2.24) is 5.43 Å². The summed E-state index contributed by atoms with van der Waals surface area (Å²) in [5, 5.41) is 16.1. The molecule has 1 aliphatic rings. The van der Waals surface area contributed by atoms with Crippen LogP contribution in [-0.4, -0.2) is 35.7 Å². The first kappa shape index (κ1) is 19.6. The first-order valence-electron chi connectivity index (χ1n) is 8.75. The first-order chi connectivity index (χ1) is 13.5. The van der Waals surface area contributed by atoms with Crippen LogP contribution in [0.15, 0.2) is 29.4 Å². The normalized spacial score (nSPS) is 12.6. The fourth-order valence-corrected chi connectivity index (χ4v) is 4.15. The number of anilines is 1. The lowest BCUT2D eigenvalue weighted by molar-refractivity contribution is -0.136. The number of benzene rings is 1. The predicted molar refractivity (Wildman–Crippen MR) is 105 cm³/mol. The minimum absolute atomic E-state index is 0.00266. The largest absolute Gasteiger partial charge is 0.507 e. The number of nitrogens with zero attached hydrogens (tertiary/aromatic N) is 1. The topological polar surface area (TPSA) is 117 Å². The van der Waals surface area contributed by atoms with Gasteiger partial charge < -0.3 is 15.2 Å². The minimum Gasteiger partial charge on any atom is -0.507 e. The molecule has 3 N–H and O–H groups in total. The van der Waals surface area contributed by atoms with Crippen molar-refractivity contribution in [3.8, 4) is 5.75 Å². The predicted octanol–water partition coefficient (Wildman–Crippen LogP) is 2.21. The fourth-order valence-electron chi connectivity index (χ4n) is 2.88. The molecule has 1 heterocycles. The van der Waals surface area contributed by atoms with E-state index >= 15 is 0 Å². The lowest BCUT2D eigenvalue weighted by Crippen LogP contribution is -2.32. The molecule has 3 rings (SSSR count). The number of aryl methyl sites for hydroxylation is 1. The molecule has 146 valence electrons. The zero-order valence-electron chi connectivity index (χ0n) is 15.2. The maximum Gasteiger partial charge on any atom is 0.341 e. The molecular weight excluding hydrogens is 382 g/mol. The smallest absolute Gasteiger partial charge is 0.341 e. The summed E-state index contributed by atoms with van der Waals surface area (Å²) in [5.41, 5.74) is 3.71. The molecule has 8 nitrogen and oxygen atoms in total. The number of phenols is 1. The Labute approximate surface area is 165 Å². The Kier molecular flexibility index (Phi) is 6.05. The van der Waals surface area contributed by atoms with E-state index in [4.69, 9.17) is 4.74 Å². The van der Waals surface area contributed by atoms with E-state index in [0.29, 0.717) is 16.1 Å². The molecule has 0 saturated carbocycles. The average molecular weight is 401 g/mol. The van der Waals surface area contributed by atoms with Gasteiger partial charge in [0.1, 0.15) is 10.8 Å². The lowest BCUT2D eigenvalue weighted by Gasteiger charge is -2.07. The van der Waals surface area contributed by atoms with Gasteiger partial charge in [-0.25, -0.2) is 10.2 Å². The number of hydrazone groups is 1. The number of aromatic hydroxyl groups is 1. The number of hydrogen-bond acceptors (Lipinski definition) is 7. The molecular formula is C19H19N3O5S. The zero-order chi connectivity index (χ0) is 20.1. The van der Waals surface area contributed by atoms with E-state index in [-0.39, 0.29) is 12.4 Å². The van der Waals surface area contributed by atoms with Crippen molar-refractivity contribution in [2.45, 2.75) is 26.2 Å². The molecule has 1 aromatic carbocycles. The van der Waals surface area contributed by atoms with Crippen molar-refractivity contribution < 1.29 is 24.2 Å². The highest BCUT2D eigenvalue weighted by Gasteiger charge is 2.29. The van der Waals surface area contributed by atoms with Gasteiger partial charge in [0.25, 0.3) is 0 Å². The van der Waals surface area contributed by atoms with Crippen LogP contribution in [0.3, 0.4) is 0 Å². The number of ether oxygens (including phenoxy) is 1. The summed E-state index contributed by atoms with van der Waals surface area (Å²) in [6.45, 7) is 1.93. The molecule has 0 aliphatic heterocycles. The van der Waals surface area contributed by atoms with Gasteiger partial charge in [0.05, 0.1) is 18.4 Å². The molecule has 9 heteroatoms. The second kappa shape index (κ2) is 8.66. The Morgan fingerprint density at radius 2 is 2.04 bits per heavy atom. The molecule has 0 radical (unpaired) electrons. The maximum atomic E-state index is 12.3. The van der Waals surface area contributed by atoms with E-state index in [0.717, 1.165) is 29.7 Å². The molecule has 1 aromatic heterocycles. The summed E-state index contributed by atoms with van der Waals surface area (Å²) in [4.78, 5) is 37.5. The van der Waals surface area contributed by atoms with Gasteiger partial charge in [0, 0.05) is 10.4 Å². The molecule has 0 unspecified atom stereocenters. The molecule has 28 heavy (non-hydrogen) atoms. The number of hydrogen-bond donors (Lipinski definition) is 3. The third-order valence-corrected chi connectivity index (χ3v) is 5.35. The lowest BCUT2D eigenvalue weighted by atomic mass is 10.1. The molecule has 0 bridgehead atoms. The Balaban J connectivity index is 1.68. The van der Waals surface area contributed by atoms with Crippen LogP contribution >= 0.6 is 11.3 Å². The van der Waals surface area contributed by atoms with Gasteiger partial charge in [-0.1, -0.05) is 12.1 Å². The number of thiophene rings is 1. The van der Waals surface area contributed by atoms with Crippen LogP contribution in [0.1, 0.15) is 39.7 Å². The van der Waals surface area contributed by atoms with Gasteiger partial charge in [-0.2, -0.15) is 5.10 Å². The highest BCUT2D eigenvalue weighted by Crippen LogP contribution is 2.39. The van der Waals surface area contributed by atoms with Crippen LogP contribution in [0.2, 0.25) is 0 Å². The molecule has 2 aromatic rings. The molecule has 0 fully saturated rings. The summed E-state index contributed by atoms with van der Waals surface area (Å²) in [5.74, 6) is -2.44. The third kappa shape index (κ3) is 4.20. The molecule has 0 atom stereocenters. The number of amides is 2. The highest BCUT2D eigenvalue weighted by atomic mass is 32.1. The van der Waals surface area contributed by atoms with Gasteiger partial charge in [-0.3, -0.25) is 9.59 Å². The van der Waals surface area contributed by atoms with E-state index < -0.39 is 17.8 Å². The monoisotopic (exact) mass is 401 g/mol. The second-order valence-electron chi connectivity index (χ2n) is 5.99. The van der Waals surface area contributed by atoms with E-state index in [9.17, 15) is 19.5 Å². The Morgan fingerprint density at radius 3 is 2.79 bits per heavy atom. The van der Waals surface area contributed by atoms with Crippen LogP contribution in [0.5, 0.6) is 5.75 Å². The SMILES string of the molecule is CCOC(=O)c1c(NC(=O)C(=O)N/N=C/c2ccccc2O)sc2c1CCC2. The molecule has 1 aliphatic carbocycles. The van der Waals surface area contributed by atoms with Crippen LogP contribution in [0.4, 0.5) is 5.00 Å². The van der Waals surface area contributed by atoms with Gasteiger partial charge in [-0.05, 0) is 43.9 Å². The van der Waals surface area contributed by atoms with Crippen LogP contribution in [0.25, 0.3) is 0 Å². The fraction of sp³-hybridized carbons (Fsp3) is 0.263. The summed E-state index contributed by atoms with van der Waals surface area (Å²) < 4.78 is 5.09. The zero-order valence-corrected chi connectivity index (χ0v) is 16.0. The first-order valence-corrected chi connectivity index (χ1v) is 9.57. The molecule has 2 amide bonds. The second-order valence-corrected chi connectivity index (χ2v) is 7.10.